The maximum atomic E-state index is 12.4. The SMILES string of the molecule is CC(C)c1cc(C(=O)Nc2ccc(-c3nc4ccccc4n3C)cc2)n[nH]1. The number of hydrogen-bond acceptors (Lipinski definition) is 3. The van der Waals surface area contributed by atoms with Gasteiger partial charge < -0.3 is 9.88 Å². The van der Waals surface area contributed by atoms with E-state index in [2.05, 4.69) is 40.0 Å². The summed E-state index contributed by atoms with van der Waals surface area (Å²) in [6.45, 7) is 4.10. The molecule has 0 saturated heterocycles. The van der Waals surface area contributed by atoms with Crippen molar-refractivity contribution < 1.29 is 4.79 Å². The monoisotopic (exact) mass is 359 g/mol. The lowest BCUT2D eigenvalue weighted by Gasteiger charge is -2.06. The van der Waals surface area contributed by atoms with Gasteiger partial charge in [0.2, 0.25) is 0 Å². The second-order valence-corrected chi connectivity index (χ2v) is 6.88. The van der Waals surface area contributed by atoms with Crippen LogP contribution in [-0.2, 0) is 7.05 Å². The highest BCUT2D eigenvalue weighted by molar-refractivity contribution is 6.03. The number of carbonyl (C=O) groups is 1. The van der Waals surface area contributed by atoms with E-state index in [-0.39, 0.29) is 5.91 Å². The molecular weight excluding hydrogens is 338 g/mol. The number of nitrogens with one attached hydrogen (secondary N) is 2. The van der Waals surface area contributed by atoms with Crippen molar-refractivity contribution in [2.45, 2.75) is 19.8 Å². The molecule has 0 aliphatic rings. The molecule has 27 heavy (non-hydrogen) atoms. The van der Waals surface area contributed by atoms with E-state index in [1.54, 1.807) is 6.07 Å². The van der Waals surface area contributed by atoms with E-state index in [0.29, 0.717) is 11.6 Å². The Morgan fingerprint density at radius 3 is 2.52 bits per heavy atom. The molecule has 4 rings (SSSR count). The van der Waals surface area contributed by atoms with Crippen molar-refractivity contribution in [1.29, 1.82) is 0 Å². The van der Waals surface area contributed by atoms with Gasteiger partial charge in [-0.25, -0.2) is 4.98 Å². The lowest BCUT2D eigenvalue weighted by Crippen LogP contribution is -2.12. The molecule has 0 aliphatic carbocycles. The lowest BCUT2D eigenvalue weighted by molar-refractivity contribution is 0.102. The van der Waals surface area contributed by atoms with Crippen LogP contribution >= 0.6 is 0 Å². The van der Waals surface area contributed by atoms with Gasteiger partial charge in [0, 0.05) is 24.0 Å². The topological polar surface area (TPSA) is 75.6 Å². The predicted octanol–water partition coefficient (Wildman–Crippen LogP) is 4.34. The molecule has 0 bridgehead atoms. The second kappa shape index (κ2) is 6.72. The number of nitrogens with zero attached hydrogens (tertiary/aromatic N) is 3. The number of aromatic nitrogens is 4. The number of para-hydroxylation sites is 2. The van der Waals surface area contributed by atoms with Crippen LogP contribution in [0.4, 0.5) is 5.69 Å². The molecule has 2 aromatic heterocycles. The fourth-order valence-electron chi connectivity index (χ4n) is 3.05. The summed E-state index contributed by atoms with van der Waals surface area (Å²) >= 11 is 0. The summed E-state index contributed by atoms with van der Waals surface area (Å²) in [7, 11) is 2.00. The number of carbonyl (C=O) groups excluding carboxylic acids is 1. The molecule has 0 saturated carbocycles. The lowest BCUT2D eigenvalue weighted by atomic mass is 10.1. The first-order valence-electron chi connectivity index (χ1n) is 8.91. The highest BCUT2D eigenvalue weighted by atomic mass is 16.1. The van der Waals surface area contributed by atoms with Gasteiger partial charge in [0.25, 0.3) is 5.91 Å². The molecule has 0 fully saturated rings. The Labute approximate surface area is 157 Å². The minimum atomic E-state index is -0.228. The van der Waals surface area contributed by atoms with E-state index in [1.807, 2.05) is 49.5 Å². The molecule has 0 unspecified atom stereocenters. The molecule has 0 radical (unpaired) electrons. The minimum Gasteiger partial charge on any atom is -0.327 e. The van der Waals surface area contributed by atoms with Crippen molar-refractivity contribution in [3.63, 3.8) is 0 Å². The summed E-state index contributed by atoms with van der Waals surface area (Å²) in [5.74, 6) is 0.961. The van der Waals surface area contributed by atoms with Crippen LogP contribution in [0, 0.1) is 0 Å². The van der Waals surface area contributed by atoms with Gasteiger partial charge in [0.15, 0.2) is 5.69 Å². The summed E-state index contributed by atoms with van der Waals surface area (Å²) in [5.41, 5.74) is 5.09. The zero-order valence-corrected chi connectivity index (χ0v) is 15.5. The van der Waals surface area contributed by atoms with Gasteiger partial charge >= 0.3 is 0 Å². The number of aryl methyl sites for hydroxylation is 1. The molecule has 2 aromatic carbocycles. The highest BCUT2D eigenvalue weighted by Crippen LogP contribution is 2.25. The van der Waals surface area contributed by atoms with Crippen LogP contribution < -0.4 is 5.32 Å². The predicted molar refractivity (Wildman–Crippen MR) is 107 cm³/mol. The van der Waals surface area contributed by atoms with Crippen LogP contribution in [0.2, 0.25) is 0 Å². The third-order valence-corrected chi connectivity index (χ3v) is 4.64. The van der Waals surface area contributed by atoms with Crippen LogP contribution in [0.1, 0.15) is 35.9 Å². The number of anilines is 1. The van der Waals surface area contributed by atoms with E-state index in [0.717, 1.165) is 33.8 Å². The third-order valence-electron chi connectivity index (χ3n) is 4.64. The molecule has 0 atom stereocenters. The molecule has 6 nitrogen and oxygen atoms in total. The summed E-state index contributed by atoms with van der Waals surface area (Å²) in [6, 6.07) is 17.5. The van der Waals surface area contributed by atoms with E-state index < -0.39 is 0 Å². The fourth-order valence-corrected chi connectivity index (χ4v) is 3.05. The summed E-state index contributed by atoms with van der Waals surface area (Å²) in [4.78, 5) is 17.1. The Hall–Kier alpha value is -3.41. The Morgan fingerprint density at radius 1 is 1.11 bits per heavy atom. The second-order valence-electron chi connectivity index (χ2n) is 6.88. The number of amides is 1. The normalized spacial score (nSPS) is 11.3. The van der Waals surface area contributed by atoms with E-state index in [9.17, 15) is 4.79 Å². The van der Waals surface area contributed by atoms with Gasteiger partial charge in [-0.3, -0.25) is 9.89 Å². The number of imidazole rings is 1. The fraction of sp³-hybridized carbons (Fsp3) is 0.190. The minimum absolute atomic E-state index is 0.228. The van der Waals surface area contributed by atoms with Crippen molar-refractivity contribution in [2.75, 3.05) is 5.32 Å². The quantitative estimate of drug-likeness (QED) is 0.569. The first-order valence-corrected chi connectivity index (χ1v) is 8.91. The third kappa shape index (κ3) is 3.21. The number of aromatic amines is 1. The molecule has 4 aromatic rings. The first-order chi connectivity index (χ1) is 13.0. The van der Waals surface area contributed by atoms with E-state index in [4.69, 9.17) is 4.98 Å². The molecular formula is C21H21N5O. The smallest absolute Gasteiger partial charge is 0.276 e. The maximum Gasteiger partial charge on any atom is 0.276 e. The maximum absolute atomic E-state index is 12.4. The molecule has 2 heterocycles. The van der Waals surface area contributed by atoms with Crippen LogP contribution in [0.15, 0.2) is 54.6 Å². The van der Waals surface area contributed by atoms with Crippen molar-refractivity contribution in [1.82, 2.24) is 19.7 Å². The molecule has 1 amide bonds. The Kier molecular flexibility index (Phi) is 4.24. The van der Waals surface area contributed by atoms with E-state index in [1.165, 1.54) is 0 Å². The summed E-state index contributed by atoms with van der Waals surface area (Å²) in [6.07, 6.45) is 0. The number of benzene rings is 2. The summed E-state index contributed by atoms with van der Waals surface area (Å²) < 4.78 is 2.07. The largest absolute Gasteiger partial charge is 0.327 e. The highest BCUT2D eigenvalue weighted by Gasteiger charge is 2.13. The Balaban J connectivity index is 1.54. The van der Waals surface area contributed by atoms with Gasteiger partial charge in [-0.05, 0) is 48.4 Å². The molecule has 0 aliphatic heterocycles. The van der Waals surface area contributed by atoms with Gasteiger partial charge in [-0.15, -0.1) is 0 Å². The standard InChI is InChI=1S/C21H21N5O/c1-13(2)17-12-18(25-24-17)21(27)22-15-10-8-14(9-11-15)20-23-16-6-4-5-7-19(16)26(20)3/h4-13H,1-3H3,(H,22,27)(H,24,25). The Bertz CT molecular complexity index is 1110. The molecule has 136 valence electrons. The zero-order chi connectivity index (χ0) is 19.0. The van der Waals surface area contributed by atoms with Crippen LogP contribution in [-0.4, -0.2) is 25.7 Å². The van der Waals surface area contributed by atoms with Gasteiger partial charge in [-0.2, -0.15) is 5.10 Å². The van der Waals surface area contributed by atoms with Gasteiger partial charge in [0.1, 0.15) is 5.82 Å². The number of rotatable bonds is 4. The van der Waals surface area contributed by atoms with Crippen molar-refractivity contribution in [2.24, 2.45) is 7.05 Å². The molecule has 6 heteroatoms. The van der Waals surface area contributed by atoms with Crippen LogP contribution in [0.5, 0.6) is 0 Å². The number of H-pyrrole nitrogens is 1. The molecule has 0 spiro atoms. The van der Waals surface area contributed by atoms with Crippen molar-refractivity contribution in [3.8, 4) is 11.4 Å². The Morgan fingerprint density at radius 2 is 1.85 bits per heavy atom. The van der Waals surface area contributed by atoms with Gasteiger partial charge in [-0.1, -0.05) is 26.0 Å². The first kappa shape index (κ1) is 17.0. The number of fused-ring (bicyclic) bond motifs is 1. The zero-order valence-electron chi connectivity index (χ0n) is 15.5. The van der Waals surface area contributed by atoms with Crippen LogP contribution in [0.25, 0.3) is 22.4 Å². The average molecular weight is 359 g/mol. The van der Waals surface area contributed by atoms with Crippen LogP contribution in [0.3, 0.4) is 0 Å². The van der Waals surface area contributed by atoms with Gasteiger partial charge in [0.05, 0.1) is 11.0 Å². The van der Waals surface area contributed by atoms with E-state index >= 15 is 0 Å². The average Bonchev–Trinajstić information content (AvgIpc) is 3.29. The summed E-state index contributed by atoms with van der Waals surface area (Å²) in [5, 5.41) is 9.87. The number of hydrogen-bond donors (Lipinski definition) is 2. The van der Waals surface area contributed by atoms with Crippen molar-refractivity contribution in [3.05, 3.63) is 66.0 Å². The molecule has 2 N–H and O–H groups in total. The van der Waals surface area contributed by atoms with Crippen molar-refractivity contribution >= 4 is 22.6 Å².